The Morgan fingerprint density at radius 2 is 1.75 bits per heavy atom. The first-order chi connectivity index (χ1) is 11.7. The molecule has 1 atom stereocenters. The molecule has 2 amide bonds. The molecule has 0 unspecified atom stereocenters. The molecule has 2 N–H and O–H groups in total. The van der Waals surface area contributed by atoms with Gasteiger partial charge in [0.25, 0.3) is 0 Å². The number of amides is 2. The van der Waals surface area contributed by atoms with Gasteiger partial charge >= 0.3 is 0 Å². The summed E-state index contributed by atoms with van der Waals surface area (Å²) in [5, 5.41) is 5.62. The van der Waals surface area contributed by atoms with Crippen molar-refractivity contribution in [3.05, 3.63) is 65.7 Å². The maximum Gasteiger partial charge on any atom is 0.239 e. The van der Waals surface area contributed by atoms with E-state index in [1.165, 1.54) is 0 Å². The van der Waals surface area contributed by atoms with Crippen LogP contribution in [0.1, 0.15) is 23.6 Å². The van der Waals surface area contributed by atoms with Crippen molar-refractivity contribution < 1.29 is 14.3 Å². The topological polar surface area (TPSA) is 67.4 Å². The van der Waals surface area contributed by atoms with E-state index in [-0.39, 0.29) is 30.8 Å². The number of benzene rings is 2. The first-order valence-corrected chi connectivity index (χ1v) is 8.04. The molecule has 0 aromatic heterocycles. The summed E-state index contributed by atoms with van der Waals surface area (Å²) >= 11 is 0. The summed E-state index contributed by atoms with van der Waals surface area (Å²) in [5.74, 6) is 0.448. The maximum atomic E-state index is 12.1. The highest BCUT2D eigenvalue weighted by Crippen LogP contribution is 2.31. The third kappa shape index (κ3) is 4.13. The fraction of sp³-hybridized carbons (Fsp3) is 0.263. The molecule has 0 bridgehead atoms. The average Bonchev–Trinajstić information content (AvgIpc) is 2.61. The molecular formula is C19H20N2O3. The van der Waals surface area contributed by atoms with Crippen LogP contribution in [0.15, 0.2) is 54.6 Å². The fourth-order valence-corrected chi connectivity index (χ4v) is 2.76. The van der Waals surface area contributed by atoms with Gasteiger partial charge in [-0.25, -0.2) is 0 Å². The van der Waals surface area contributed by atoms with Gasteiger partial charge < -0.3 is 15.4 Å². The lowest BCUT2D eigenvalue weighted by molar-refractivity contribution is -0.126. The zero-order valence-corrected chi connectivity index (χ0v) is 13.3. The molecule has 2 aromatic carbocycles. The number of nitrogens with one attached hydrogen (secondary N) is 2. The van der Waals surface area contributed by atoms with Crippen LogP contribution in [-0.2, 0) is 16.0 Å². The van der Waals surface area contributed by atoms with E-state index in [2.05, 4.69) is 10.6 Å². The lowest BCUT2D eigenvalue weighted by Gasteiger charge is -2.26. The van der Waals surface area contributed by atoms with Gasteiger partial charge in [0.1, 0.15) is 5.75 Å². The van der Waals surface area contributed by atoms with Crippen LogP contribution in [-0.4, -0.2) is 25.0 Å². The Kier molecular flexibility index (Phi) is 5.11. The molecule has 24 heavy (non-hydrogen) atoms. The molecule has 3 rings (SSSR count). The Balaban J connectivity index is 1.49. The molecule has 1 aliphatic heterocycles. The second kappa shape index (κ2) is 7.64. The van der Waals surface area contributed by atoms with E-state index in [4.69, 9.17) is 4.74 Å². The van der Waals surface area contributed by atoms with Crippen LogP contribution in [0.3, 0.4) is 0 Å². The van der Waals surface area contributed by atoms with Gasteiger partial charge in [0.05, 0.1) is 25.6 Å². The van der Waals surface area contributed by atoms with Crippen LogP contribution in [0.25, 0.3) is 0 Å². The predicted molar refractivity (Wildman–Crippen MR) is 90.6 cm³/mol. The van der Waals surface area contributed by atoms with E-state index < -0.39 is 0 Å². The van der Waals surface area contributed by atoms with Gasteiger partial charge in [0, 0.05) is 12.0 Å². The second-order valence-corrected chi connectivity index (χ2v) is 5.73. The summed E-state index contributed by atoms with van der Waals surface area (Å²) in [6.45, 7) is 0.549. The summed E-state index contributed by atoms with van der Waals surface area (Å²) < 4.78 is 5.58. The van der Waals surface area contributed by atoms with Crippen molar-refractivity contribution in [2.45, 2.75) is 18.9 Å². The standard InChI is InChI=1S/C19H20N2O3/c22-18(12-14-6-2-1-3-7-14)20-13-19(23)21-16-10-11-24-17-9-5-4-8-15(16)17/h1-9,16H,10-13H2,(H,20,22)(H,21,23)/t16-/m1/s1. The molecule has 124 valence electrons. The summed E-state index contributed by atoms with van der Waals surface area (Å²) in [7, 11) is 0. The third-order valence-corrected chi connectivity index (χ3v) is 3.95. The quantitative estimate of drug-likeness (QED) is 0.884. The predicted octanol–water partition coefficient (Wildman–Crippen LogP) is 1.99. The normalized spacial score (nSPS) is 15.8. The minimum absolute atomic E-state index is 0.0226. The minimum Gasteiger partial charge on any atom is -0.493 e. The van der Waals surface area contributed by atoms with Gasteiger partial charge in [-0.15, -0.1) is 0 Å². The van der Waals surface area contributed by atoms with E-state index in [9.17, 15) is 9.59 Å². The minimum atomic E-state index is -0.196. The van der Waals surface area contributed by atoms with Gasteiger partial charge in [-0.2, -0.15) is 0 Å². The Labute approximate surface area is 141 Å². The van der Waals surface area contributed by atoms with Crippen LogP contribution in [0, 0.1) is 0 Å². The SMILES string of the molecule is O=C(Cc1ccccc1)NCC(=O)N[C@@H]1CCOc2ccccc21. The number of para-hydroxylation sites is 1. The number of carbonyl (C=O) groups is 2. The van der Waals surface area contributed by atoms with Crippen molar-refractivity contribution in [3.63, 3.8) is 0 Å². The van der Waals surface area contributed by atoms with E-state index in [1.807, 2.05) is 54.6 Å². The first-order valence-electron chi connectivity index (χ1n) is 8.04. The number of fused-ring (bicyclic) bond motifs is 1. The molecule has 5 heteroatoms. The maximum absolute atomic E-state index is 12.1. The zero-order valence-electron chi connectivity index (χ0n) is 13.3. The summed E-state index contributed by atoms with van der Waals surface area (Å²) in [6.07, 6.45) is 0.995. The largest absolute Gasteiger partial charge is 0.493 e. The summed E-state index contributed by atoms with van der Waals surface area (Å²) in [4.78, 5) is 24.0. The lowest BCUT2D eigenvalue weighted by atomic mass is 10.0. The van der Waals surface area contributed by atoms with Crippen LogP contribution in [0.4, 0.5) is 0 Å². The van der Waals surface area contributed by atoms with Crippen LogP contribution in [0.5, 0.6) is 5.75 Å². The van der Waals surface area contributed by atoms with Crippen molar-refractivity contribution in [1.82, 2.24) is 10.6 Å². The molecule has 1 aliphatic rings. The zero-order chi connectivity index (χ0) is 16.8. The number of hydrogen-bond donors (Lipinski definition) is 2. The molecule has 0 spiro atoms. The molecule has 5 nitrogen and oxygen atoms in total. The van der Waals surface area contributed by atoms with Gasteiger partial charge in [-0.05, 0) is 11.6 Å². The van der Waals surface area contributed by atoms with Gasteiger partial charge in [0.15, 0.2) is 0 Å². The van der Waals surface area contributed by atoms with E-state index >= 15 is 0 Å². The number of ether oxygens (including phenoxy) is 1. The van der Waals surface area contributed by atoms with Crippen molar-refractivity contribution >= 4 is 11.8 Å². The highest BCUT2D eigenvalue weighted by Gasteiger charge is 2.22. The van der Waals surface area contributed by atoms with Gasteiger partial charge in [0.2, 0.25) is 11.8 Å². The van der Waals surface area contributed by atoms with E-state index in [1.54, 1.807) is 0 Å². The monoisotopic (exact) mass is 324 g/mol. The highest BCUT2D eigenvalue weighted by atomic mass is 16.5. The van der Waals surface area contributed by atoms with Crippen molar-refractivity contribution in [2.75, 3.05) is 13.2 Å². The van der Waals surface area contributed by atoms with Crippen molar-refractivity contribution in [2.24, 2.45) is 0 Å². The molecular weight excluding hydrogens is 304 g/mol. The number of hydrogen-bond acceptors (Lipinski definition) is 3. The Hall–Kier alpha value is -2.82. The molecule has 0 aliphatic carbocycles. The molecule has 0 saturated carbocycles. The average molecular weight is 324 g/mol. The van der Waals surface area contributed by atoms with Crippen LogP contribution < -0.4 is 15.4 Å². The Morgan fingerprint density at radius 1 is 1.00 bits per heavy atom. The number of carbonyl (C=O) groups excluding carboxylic acids is 2. The summed E-state index contributed by atoms with van der Waals surface area (Å²) in [6, 6.07) is 17.1. The van der Waals surface area contributed by atoms with Crippen LogP contribution in [0.2, 0.25) is 0 Å². The van der Waals surface area contributed by atoms with E-state index in [0.717, 1.165) is 23.3 Å². The Morgan fingerprint density at radius 3 is 2.58 bits per heavy atom. The van der Waals surface area contributed by atoms with Crippen molar-refractivity contribution in [3.8, 4) is 5.75 Å². The molecule has 0 radical (unpaired) electrons. The molecule has 0 fully saturated rings. The van der Waals surface area contributed by atoms with Crippen molar-refractivity contribution in [1.29, 1.82) is 0 Å². The highest BCUT2D eigenvalue weighted by molar-refractivity contribution is 5.85. The number of rotatable bonds is 5. The van der Waals surface area contributed by atoms with Gasteiger partial charge in [-0.3, -0.25) is 9.59 Å². The first kappa shape index (κ1) is 16.1. The second-order valence-electron chi connectivity index (χ2n) is 5.73. The smallest absolute Gasteiger partial charge is 0.239 e. The molecule has 0 saturated heterocycles. The third-order valence-electron chi connectivity index (χ3n) is 3.95. The molecule has 1 heterocycles. The fourth-order valence-electron chi connectivity index (χ4n) is 2.76. The lowest BCUT2D eigenvalue weighted by Crippen LogP contribution is -2.40. The van der Waals surface area contributed by atoms with Gasteiger partial charge in [-0.1, -0.05) is 48.5 Å². The van der Waals surface area contributed by atoms with E-state index in [0.29, 0.717) is 6.61 Å². The van der Waals surface area contributed by atoms with Crippen LogP contribution >= 0.6 is 0 Å². The summed E-state index contributed by atoms with van der Waals surface area (Å²) in [5.41, 5.74) is 1.90. The molecule has 2 aromatic rings. The Bertz CT molecular complexity index is 716.